The summed E-state index contributed by atoms with van der Waals surface area (Å²) in [5.41, 5.74) is 1.78. The number of methoxy groups -OCH3 is 1. The Hall–Kier alpha value is -2.71. The van der Waals surface area contributed by atoms with Crippen molar-refractivity contribution in [3.05, 3.63) is 42.2 Å². The Morgan fingerprint density at radius 2 is 2.19 bits per heavy atom. The van der Waals surface area contributed by atoms with E-state index < -0.39 is 0 Å². The summed E-state index contributed by atoms with van der Waals surface area (Å²) < 4.78 is 11.8. The molecular formula is C19H22N4O3S. The fraction of sp³-hybridized carbons (Fsp3) is 0.316. The second-order valence-electron chi connectivity index (χ2n) is 5.85. The number of carbonyl (C=O) groups is 1. The number of rotatable bonds is 8. The minimum absolute atomic E-state index is 0.0576. The molecule has 1 amide bonds. The number of thiazole rings is 1. The van der Waals surface area contributed by atoms with E-state index in [4.69, 9.17) is 9.47 Å². The molecule has 0 bridgehead atoms. The Morgan fingerprint density at radius 1 is 1.33 bits per heavy atom. The van der Waals surface area contributed by atoms with Crippen molar-refractivity contribution in [2.75, 3.05) is 25.6 Å². The van der Waals surface area contributed by atoms with Gasteiger partial charge in [0.1, 0.15) is 11.5 Å². The quantitative estimate of drug-likeness (QED) is 0.617. The zero-order chi connectivity index (χ0) is 19.2. The zero-order valence-electron chi connectivity index (χ0n) is 15.5. The number of ether oxygens (including phenoxy) is 2. The highest BCUT2D eigenvalue weighted by molar-refractivity contribution is 7.22. The van der Waals surface area contributed by atoms with Crippen LogP contribution in [0.25, 0.3) is 10.2 Å². The molecule has 3 rings (SSSR count). The molecule has 7 nitrogen and oxygen atoms in total. The van der Waals surface area contributed by atoms with E-state index in [1.807, 2.05) is 38.1 Å². The minimum atomic E-state index is -0.154. The lowest BCUT2D eigenvalue weighted by Crippen LogP contribution is -2.30. The van der Waals surface area contributed by atoms with Crippen molar-refractivity contribution in [1.82, 2.24) is 15.3 Å². The predicted octanol–water partition coefficient (Wildman–Crippen LogP) is 3.39. The number of nitrogens with zero attached hydrogens (tertiary/aromatic N) is 2. The third-order valence-electron chi connectivity index (χ3n) is 3.99. The molecule has 1 aromatic carbocycles. The molecule has 27 heavy (non-hydrogen) atoms. The van der Waals surface area contributed by atoms with Gasteiger partial charge in [0, 0.05) is 17.8 Å². The molecule has 0 aliphatic carbocycles. The van der Waals surface area contributed by atoms with Crippen molar-refractivity contribution in [2.45, 2.75) is 19.9 Å². The van der Waals surface area contributed by atoms with Crippen molar-refractivity contribution in [3.8, 4) is 11.5 Å². The van der Waals surface area contributed by atoms with E-state index in [2.05, 4.69) is 20.6 Å². The number of fused-ring (bicyclic) bond motifs is 1. The average molecular weight is 386 g/mol. The highest BCUT2D eigenvalue weighted by Crippen LogP contribution is 2.29. The first-order chi connectivity index (χ1) is 13.1. The van der Waals surface area contributed by atoms with Gasteiger partial charge >= 0.3 is 0 Å². The van der Waals surface area contributed by atoms with Gasteiger partial charge in [-0.05, 0) is 38.1 Å². The summed E-state index contributed by atoms with van der Waals surface area (Å²) in [6.45, 7) is 4.68. The number of hydrogen-bond donors (Lipinski definition) is 2. The van der Waals surface area contributed by atoms with Gasteiger partial charge in [-0.25, -0.2) is 4.98 Å². The van der Waals surface area contributed by atoms with E-state index in [-0.39, 0.29) is 18.5 Å². The molecule has 1 atom stereocenters. The van der Waals surface area contributed by atoms with Crippen LogP contribution in [0, 0.1) is 0 Å². The van der Waals surface area contributed by atoms with Crippen LogP contribution in [0.2, 0.25) is 0 Å². The van der Waals surface area contributed by atoms with Crippen LogP contribution in [-0.4, -0.2) is 36.1 Å². The normalized spacial score (nSPS) is 12.0. The van der Waals surface area contributed by atoms with E-state index in [0.717, 1.165) is 21.5 Å². The summed E-state index contributed by atoms with van der Waals surface area (Å²) in [6.07, 6.45) is 3.36. The van der Waals surface area contributed by atoms with Crippen LogP contribution in [0.15, 0.2) is 36.7 Å². The van der Waals surface area contributed by atoms with Gasteiger partial charge in [-0.15, -0.1) is 0 Å². The second kappa shape index (κ2) is 8.79. The lowest BCUT2D eigenvalue weighted by molar-refractivity contribution is -0.115. The van der Waals surface area contributed by atoms with Crippen molar-refractivity contribution in [2.24, 2.45) is 0 Å². The standard InChI is InChI=1S/C19H22N4O3S/c1-4-26-13-5-6-15-17(9-13)27-19(22-15)23-18(24)11-21-12(2)14-7-8-20-10-16(14)25-3/h5-10,12,21H,4,11H2,1-3H3,(H,22,23,24). The molecule has 0 aliphatic heterocycles. The number of amides is 1. The van der Waals surface area contributed by atoms with Crippen LogP contribution in [-0.2, 0) is 4.79 Å². The maximum absolute atomic E-state index is 12.3. The molecule has 0 radical (unpaired) electrons. The largest absolute Gasteiger partial charge is 0.495 e. The van der Waals surface area contributed by atoms with Gasteiger partial charge in [0.25, 0.3) is 0 Å². The van der Waals surface area contributed by atoms with Crippen molar-refractivity contribution >= 4 is 32.6 Å². The lowest BCUT2D eigenvalue weighted by Gasteiger charge is -2.16. The molecular weight excluding hydrogens is 364 g/mol. The van der Waals surface area contributed by atoms with E-state index in [0.29, 0.717) is 17.5 Å². The molecule has 3 aromatic rings. The molecule has 2 N–H and O–H groups in total. The summed E-state index contributed by atoms with van der Waals surface area (Å²) in [5, 5.41) is 6.60. The first-order valence-electron chi connectivity index (χ1n) is 8.65. The smallest absolute Gasteiger partial charge is 0.240 e. The van der Waals surface area contributed by atoms with Crippen LogP contribution in [0.1, 0.15) is 25.5 Å². The SMILES string of the molecule is CCOc1ccc2nc(NC(=O)CNC(C)c3ccncc3OC)sc2c1. The number of pyridine rings is 1. The summed E-state index contributed by atoms with van der Waals surface area (Å²) in [6, 6.07) is 7.52. The molecule has 0 aliphatic rings. The third-order valence-corrected chi connectivity index (χ3v) is 4.92. The van der Waals surface area contributed by atoms with E-state index in [1.54, 1.807) is 19.5 Å². The van der Waals surface area contributed by atoms with Gasteiger partial charge in [-0.3, -0.25) is 9.78 Å². The van der Waals surface area contributed by atoms with Gasteiger partial charge in [-0.1, -0.05) is 11.3 Å². The number of hydrogen-bond acceptors (Lipinski definition) is 7. The van der Waals surface area contributed by atoms with Crippen LogP contribution in [0.4, 0.5) is 5.13 Å². The molecule has 0 spiro atoms. The van der Waals surface area contributed by atoms with Gasteiger partial charge in [0.05, 0.1) is 36.7 Å². The summed E-state index contributed by atoms with van der Waals surface area (Å²) in [5.74, 6) is 1.33. The molecule has 0 fully saturated rings. The Labute approximate surface area is 161 Å². The van der Waals surface area contributed by atoms with E-state index >= 15 is 0 Å². The van der Waals surface area contributed by atoms with Gasteiger partial charge in [-0.2, -0.15) is 0 Å². The number of anilines is 1. The lowest BCUT2D eigenvalue weighted by atomic mass is 10.1. The molecule has 0 saturated carbocycles. The Morgan fingerprint density at radius 3 is 2.96 bits per heavy atom. The topological polar surface area (TPSA) is 85.4 Å². The molecule has 8 heteroatoms. The summed E-state index contributed by atoms with van der Waals surface area (Å²) >= 11 is 1.42. The van der Waals surface area contributed by atoms with Crippen LogP contribution >= 0.6 is 11.3 Å². The maximum Gasteiger partial charge on any atom is 0.240 e. The molecule has 2 aromatic heterocycles. The number of carbonyl (C=O) groups excluding carboxylic acids is 1. The monoisotopic (exact) mass is 386 g/mol. The molecule has 2 heterocycles. The van der Waals surface area contributed by atoms with Crippen LogP contribution in [0.5, 0.6) is 11.5 Å². The summed E-state index contributed by atoms with van der Waals surface area (Å²) in [4.78, 5) is 20.8. The number of aromatic nitrogens is 2. The van der Waals surface area contributed by atoms with Crippen LogP contribution < -0.4 is 20.1 Å². The first-order valence-corrected chi connectivity index (χ1v) is 9.47. The van der Waals surface area contributed by atoms with Crippen molar-refractivity contribution in [3.63, 3.8) is 0 Å². The third kappa shape index (κ3) is 4.72. The summed E-state index contributed by atoms with van der Waals surface area (Å²) in [7, 11) is 1.60. The van der Waals surface area contributed by atoms with E-state index in [1.165, 1.54) is 11.3 Å². The Balaban J connectivity index is 1.59. The zero-order valence-corrected chi connectivity index (χ0v) is 16.3. The highest BCUT2D eigenvalue weighted by atomic mass is 32.1. The maximum atomic E-state index is 12.3. The fourth-order valence-corrected chi connectivity index (χ4v) is 3.56. The molecule has 1 unspecified atom stereocenters. The highest BCUT2D eigenvalue weighted by Gasteiger charge is 2.13. The van der Waals surface area contributed by atoms with Gasteiger partial charge in [0.15, 0.2) is 5.13 Å². The van der Waals surface area contributed by atoms with Crippen LogP contribution in [0.3, 0.4) is 0 Å². The Bertz CT molecular complexity index is 928. The Kier molecular flexibility index (Phi) is 6.20. The number of nitrogens with one attached hydrogen (secondary N) is 2. The van der Waals surface area contributed by atoms with Gasteiger partial charge in [0.2, 0.25) is 5.91 Å². The fourth-order valence-electron chi connectivity index (χ4n) is 2.65. The van der Waals surface area contributed by atoms with Gasteiger partial charge < -0.3 is 20.1 Å². The molecule has 142 valence electrons. The first kappa shape index (κ1) is 19.1. The van der Waals surface area contributed by atoms with E-state index in [9.17, 15) is 4.79 Å². The van der Waals surface area contributed by atoms with Crippen molar-refractivity contribution < 1.29 is 14.3 Å². The number of benzene rings is 1. The second-order valence-corrected chi connectivity index (χ2v) is 6.88. The minimum Gasteiger partial charge on any atom is -0.495 e. The predicted molar refractivity (Wildman–Crippen MR) is 107 cm³/mol. The molecule has 0 saturated heterocycles. The average Bonchev–Trinajstić information content (AvgIpc) is 3.07. The van der Waals surface area contributed by atoms with Crippen molar-refractivity contribution in [1.29, 1.82) is 0 Å².